The number of carbonyl (C=O) groups is 1. The van der Waals surface area contributed by atoms with Crippen LogP contribution in [0.3, 0.4) is 0 Å². The lowest BCUT2D eigenvalue weighted by Crippen LogP contribution is -2.26. The van der Waals surface area contributed by atoms with Crippen molar-refractivity contribution in [3.8, 4) is 0 Å². The van der Waals surface area contributed by atoms with Crippen molar-refractivity contribution in [2.45, 2.75) is 27.2 Å². The number of hydrogen-bond donors (Lipinski definition) is 1. The molecule has 0 aromatic heterocycles. The lowest BCUT2D eigenvalue weighted by atomic mass is 9.85. The zero-order valence-corrected chi connectivity index (χ0v) is 9.47. The van der Waals surface area contributed by atoms with Gasteiger partial charge in [-0.1, -0.05) is 6.07 Å². The first-order valence-electron chi connectivity index (χ1n) is 4.92. The summed E-state index contributed by atoms with van der Waals surface area (Å²) < 4.78 is 26.1. The van der Waals surface area contributed by atoms with Gasteiger partial charge in [0.25, 0.3) is 0 Å². The first kappa shape index (κ1) is 12.6. The van der Waals surface area contributed by atoms with Gasteiger partial charge in [-0.2, -0.15) is 0 Å². The fourth-order valence-corrected chi connectivity index (χ4v) is 1.49. The maximum absolute atomic E-state index is 13.1. The van der Waals surface area contributed by atoms with Crippen LogP contribution in [0.2, 0.25) is 0 Å². The molecular weight excluding hydrogens is 214 g/mol. The third kappa shape index (κ3) is 2.56. The SMILES string of the molecule is Cc1cc(CC(C)(C)C(=O)O)cc(F)c1F. The fourth-order valence-electron chi connectivity index (χ4n) is 1.49. The number of aliphatic carboxylic acids is 1. The Kier molecular flexibility index (Phi) is 3.31. The van der Waals surface area contributed by atoms with E-state index in [1.54, 1.807) is 13.8 Å². The number of benzene rings is 1. The maximum atomic E-state index is 13.1. The van der Waals surface area contributed by atoms with Gasteiger partial charge in [0.1, 0.15) is 0 Å². The molecule has 1 aromatic carbocycles. The molecule has 16 heavy (non-hydrogen) atoms. The molecule has 0 unspecified atom stereocenters. The van der Waals surface area contributed by atoms with E-state index in [0.29, 0.717) is 5.56 Å². The van der Waals surface area contributed by atoms with Crippen LogP contribution in [0.4, 0.5) is 8.78 Å². The Morgan fingerprint density at radius 2 is 1.94 bits per heavy atom. The average molecular weight is 228 g/mol. The van der Waals surface area contributed by atoms with Gasteiger partial charge in [-0.15, -0.1) is 0 Å². The first-order valence-corrected chi connectivity index (χ1v) is 4.92. The van der Waals surface area contributed by atoms with Gasteiger partial charge in [0.05, 0.1) is 5.41 Å². The molecule has 0 spiro atoms. The Balaban J connectivity index is 3.04. The van der Waals surface area contributed by atoms with E-state index in [9.17, 15) is 13.6 Å². The van der Waals surface area contributed by atoms with Crippen molar-refractivity contribution >= 4 is 5.97 Å². The Morgan fingerprint density at radius 1 is 1.38 bits per heavy atom. The topological polar surface area (TPSA) is 37.3 Å². The van der Waals surface area contributed by atoms with Gasteiger partial charge in [-0.3, -0.25) is 4.79 Å². The smallest absolute Gasteiger partial charge is 0.309 e. The van der Waals surface area contributed by atoms with Crippen LogP contribution in [0, 0.1) is 24.0 Å². The van der Waals surface area contributed by atoms with Crippen LogP contribution >= 0.6 is 0 Å². The zero-order valence-electron chi connectivity index (χ0n) is 9.47. The maximum Gasteiger partial charge on any atom is 0.309 e. The van der Waals surface area contributed by atoms with Crippen molar-refractivity contribution in [1.82, 2.24) is 0 Å². The van der Waals surface area contributed by atoms with Gasteiger partial charge in [-0.05, 0) is 44.4 Å². The van der Waals surface area contributed by atoms with Crippen molar-refractivity contribution in [2.75, 3.05) is 0 Å². The van der Waals surface area contributed by atoms with Gasteiger partial charge in [0.15, 0.2) is 11.6 Å². The number of aryl methyl sites for hydroxylation is 1. The third-order valence-electron chi connectivity index (χ3n) is 2.49. The van der Waals surface area contributed by atoms with E-state index in [1.165, 1.54) is 13.0 Å². The molecule has 2 nitrogen and oxygen atoms in total. The molecule has 0 aliphatic heterocycles. The van der Waals surface area contributed by atoms with Crippen LogP contribution in [0.25, 0.3) is 0 Å². The summed E-state index contributed by atoms with van der Waals surface area (Å²) in [5.74, 6) is -2.78. The van der Waals surface area contributed by atoms with Crippen LogP contribution < -0.4 is 0 Å². The van der Waals surface area contributed by atoms with Crippen LogP contribution in [-0.2, 0) is 11.2 Å². The zero-order chi connectivity index (χ0) is 12.5. The molecular formula is C12H14F2O2. The Labute approximate surface area is 92.9 Å². The normalized spacial score (nSPS) is 11.6. The van der Waals surface area contributed by atoms with Gasteiger partial charge >= 0.3 is 5.97 Å². The molecule has 88 valence electrons. The van der Waals surface area contributed by atoms with Crippen LogP contribution in [-0.4, -0.2) is 11.1 Å². The molecule has 0 saturated carbocycles. The summed E-state index contributed by atoms with van der Waals surface area (Å²) in [6.45, 7) is 4.55. The second kappa shape index (κ2) is 4.20. The summed E-state index contributed by atoms with van der Waals surface area (Å²) in [5.41, 5.74) is -0.309. The number of carboxylic acids is 1. The molecule has 0 bridgehead atoms. The van der Waals surface area contributed by atoms with Crippen molar-refractivity contribution in [2.24, 2.45) is 5.41 Å². The quantitative estimate of drug-likeness (QED) is 0.863. The largest absolute Gasteiger partial charge is 0.481 e. The fraction of sp³-hybridized carbons (Fsp3) is 0.417. The van der Waals surface area contributed by atoms with E-state index < -0.39 is 23.0 Å². The summed E-state index contributed by atoms with van der Waals surface area (Å²) in [6, 6.07) is 2.52. The van der Waals surface area contributed by atoms with Gasteiger partial charge < -0.3 is 5.11 Å². The molecule has 0 fully saturated rings. The van der Waals surface area contributed by atoms with E-state index in [1.807, 2.05) is 0 Å². The molecule has 0 amide bonds. The second-order valence-electron chi connectivity index (χ2n) is 4.57. The molecule has 0 radical (unpaired) electrons. The van der Waals surface area contributed by atoms with Crippen molar-refractivity contribution in [1.29, 1.82) is 0 Å². The van der Waals surface area contributed by atoms with Crippen LogP contribution in [0.15, 0.2) is 12.1 Å². The highest BCUT2D eigenvalue weighted by molar-refractivity contribution is 5.74. The highest BCUT2D eigenvalue weighted by Crippen LogP contribution is 2.24. The molecule has 1 N–H and O–H groups in total. The summed E-state index contributed by atoms with van der Waals surface area (Å²) in [4.78, 5) is 10.9. The Bertz CT molecular complexity index is 402. The molecule has 0 atom stereocenters. The molecule has 1 rings (SSSR count). The lowest BCUT2D eigenvalue weighted by Gasteiger charge is -2.19. The number of hydrogen-bond acceptors (Lipinski definition) is 1. The number of carboxylic acid groups (broad SMARTS) is 1. The van der Waals surface area contributed by atoms with Crippen molar-refractivity contribution in [3.05, 3.63) is 34.9 Å². The van der Waals surface area contributed by atoms with Gasteiger partial charge in [0.2, 0.25) is 0 Å². The van der Waals surface area contributed by atoms with E-state index >= 15 is 0 Å². The summed E-state index contributed by atoms with van der Waals surface area (Å²) in [7, 11) is 0. The minimum atomic E-state index is -0.989. The molecule has 0 saturated heterocycles. The first-order chi connectivity index (χ1) is 7.24. The van der Waals surface area contributed by atoms with E-state index in [4.69, 9.17) is 5.11 Å². The van der Waals surface area contributed by atoms with Crippen LogP contribution in [0.5, 0.6) is 0 Å². The Morgan fingerprint density at radius 3 is 2.38 bits per heavy atom. The minimum absolute atomic E-state index is 0.167. The number of rotatable bonds is 3. The summed E-state index contributed by atoms with van der Waals surface area (Å²) in [6.07, 6.45) is 0.167. The van der Waals surface area contributed by atoms with Crippen molar-refractivity contribution in [3.63, 3.8) is 0 Å². The second-order valence-corrected chi connectivity index (χ2v) is 4.57. The molecule has 1 aromatic rings. The van der Waals surface area contributed by atoms with E-state index in [-0.39, 0.29) is 12.0 Å². The molecule has 4 heteroatoms. The summed E-state index contributed by atoms with van der Waals surface area (Å²) in [5, 5.41) is 8.93. The van der Waals surface area contributed by atoms with Gasteiger partial charge in [0, 0.05) is 0 Å². The minimum Gasteiger partial charge on any atom is -0.481 e. The lowest BCUT2D eigenvalue weighted by molar-refractivity contribution is -0.146. The van der Waals surface area contributed by atoms with E-state index in [2.05, 4.69) is 0 Å². The third-order valence-corrected chi connectivity index (χ3v) is 2.49. The highest BCUT2D eigenvalue weighted by atomic mass is 19.2. The monoisotopic (exact) mass is 228 g/mol. The highest BCUT2D eigenvalue weighted by Gasteiger charge is 2.27. The molecule has 0 aliphatic rings. The predicted octanol–water partition coefficient (Wildman–Crippen LogP) is 2.93. The number of halogens is 2. The predicted molar refractivity (Wildman–Crippen MR) is 56.2 cm³/mol. The van der Waals surface area contributed by atoms with E-state index in [0.717, 1.165) is 6.07 Å². The average Bonchev–Trinajstić information content (AvgIpc) is 2.13. The van der Waals surface area contributed by atoms with Crippen LogP contribution in [0.1, 0.15) is 25.0 Å². The summed E-state index contributed by atoms with van der Waals surface area (Å²) >= 11 is 0. The molecule has 0 heterocycles. The van der Waals surface area contributed by atoms with Crippen molar-refractivity contribution < 1.29 is 18.7 Å². The molecule has 0 aliphatic carbocycles. The Hall–Kier alpha value is -1.45. The van der Waals surface area contributed by atoms with Gasteiger partial charge in [-0.25, -0.2) is 8.78 Å². The standard InChI is InChI=1S/C12H14F2O2/c1-7-4-8(5-9(13)10(7)14)6-12(2,3)11(15)16/h4-5H,6H2,1-3H3,(H,15,16).